The normalized spacial score (nSPS) is 15.9. The maximum absolute atomic E-state index is 6.56. The van der Waals surface area contributed by atoms with Gasteiger partial charge in [-0.2, -0.15) is 4.57 Å². The van der Waals surface area contributed by atoms with Gasteiger partial charge in [0, 0.05) is 11.6 Å². The fraction of sp³-hybridized carbons (Fsp3) is 0.320. The van der Waals surface area contributed by atoms with Crippen LogP contribution in [0.15, 0.2) is 47.1 Å². The number of aromatic nitrogens is 1. The summed E-state index contributed by atoms with van der Waals surface area (Å²) in [5.41, 5.74) is 7.22. The number of rotatable bonds is 2. The van der Waals surface area contributed by atoms with Crippen LogP contribution in [0.25, 0.3) is 33.1 Å². The van der Waals surface area contributed by atoms with Crippen LogP contribution in [0, 0.1) is 12.8 Å². The molecule has 0 radical (unpaired) electrons. The van der Waals surface area contributed by atoms with Crippen LogP contribution in [0.1, 0.15) is 36.8 Å². The number of hydrogen-bond acceptors (Lipinski definition) is 2. The number of furan rings is 1. The first-order valence-corrected chi connectivity index (χ1v) is 10.3. The standard InChI is InChI=1S/C25H24NO2/c1-15-11-12-20-23-21(14-27-20)28-25-18(13-16-7-3-4-8-16)17-9-5-6-10-19(17)26(2)24(25)22(15)23/h5-6,9-12,14,16H,3-4,7-8,13H2,1-2H3/q+1. The predicted octanol–water partition coefficient (Wildman–Crippen LogP) is 6.22. The quantitative estimate of drug-likeness (QED) is 0.345. The first kappa shape index (κ1) is 16.2. The molecular weight excluding hydrogens is 346 g/mol. The van der Waals surface area contributed by atoms with E-state index in [0.29, 0.717) is 0 Å². The largest absolute Gasteiger partial charge is 0.460 e. The highest BCUT2D eigenvalue weighted by Gasteiger charge is 2.35. The molecule has 0 atom stereocenters. The van der Waals surface area contributed by atoms with Crippen molar-refractivity contribution in [3.63, 3.8) is 0 Å². The summed E-state index contributed by atoms with van der Waals surface area (Å²) in [5.74, 6) is 2.63. The first-order chi connectivity index (χ1) is 13.7. The second kappa shape index (κ2) is 5.84. The number of benzene rings is 2. The summed E-state index contributed by atoms with van der Waals surface area (Å²) >= 11 is 0. The SMILES string of the molecule is Cc1ccc2occ3c2c1-c1c(c(CC2CCCC2)c2ccccc2[n+]1C)O3. The lowest BCUT2D eigenvalue weighted by atomic mass is 9.90. The monoisotopic (exact) mass is 370 g/mol. The lowest BCUT2D eigenvalue weighted by Crippen LogP contribution is -2.34. The van der Waals surface area contributed by atoms with E-state index in [0.717, 1.165) is 34.8 Å². The third kappa shape index (κ3) is 2.13. The molecule has 1 fully saturated rings. The van der Waals surface area contributed by atoms with Crippen molar-refractivity contribution < 1.29 is 13.7 Å². The van der Waals surface area contributed by atoms with E-state index in [2.05, 4.69) is 48.9 Å². The van der Waals surface area contributed by atoms with Crippen molar-refractivity contribution in [3.8, 4) is 22.8 Å². The van der Waals surface area contributed by atoms with Crippen molar-refractivity contribution in [2.75, 3.05) is 0 Å². The van der Waals surface area contributed by atoms with Crippen LogP contribution in [-0.2, 0) is 13.5 Å². The Morgan fingerprint density at radius 3 is 2.75 bits per heavy atom. The van der Waals surface area contributed by atoms with Gasteiger partial charge in [-0.25, -0.2) is 0 Å². The third-order valence-corrected chi connectivity index (χ3v) is 6.75. The summed E-state index contributed by atoms with van der Waals surface area (Å²) in [5, 5.41) is 2.41. The van der Waals surface area contributed by atoms with Crippen LogP contribution >= 0.6 is 0 Å². The molecule has 1 aliphatic carbocycles. The molecule has 3 heterocycles. The minimum Gasteiger partial charge on any atom is -0.460 e. The lowest BCUT2D eigenvalue weighted by molar-refractivity contribution is -0.633. The molecule has 0 bridgehead atoms. The maximum Gasteiger partial charge on any atom is 0.257 e. The predicted molar refractivity (Wildman–Crippen MR) is 111 cm³/mol. The Balaban J connectivity index is 1.72. The van der Waals surface area contributed by atoms with Crippen LogP contribution in [0.2, 0.25) is 0 Å². The van der Waals surface area contributed by atoms with Crippen molar-refractivity contribution >= 4 is 21.9 Å². The van der Waals surface area contributed by atoms with Gasteiger partial charge in [0.25, 0.3) is 5.69 Å². The maximum atomic E-state index is 6.56. The fourth-order valence-corrected chi connectivity index (χ4v) is 5.35. The average Bonchev–Trinajstić information content (AvgIpc) is 3.37. The van der Waals surface area contributed by atoms with Crippen LogP contribution in [-0.4, -0.2) is 0 Å². The number of fused-ring (bicyclic) bond motifs is 3. The van der Waals surface area contributed by atoms with Crippen molar-refractivity contribution in [1.29, 1.82) is 0 Å². The van der Waals surface area contributed by atoms with E-state index in [4.69, 9.17) is 9.15 Å². The molecule has 6 rings (SSSR count). The zero-order valence-corrected chi connectivity index (χ0v) is 16.4. The minimum atomic E-state index is 0.756. The molecule has 0 N–H and O–H groups in total. The Morgan fingerprint density at radius 1 is 1.07 bits per heavy atom. The number of pyridine rings is 1. The Hall–Kier alpha value is -2.81. The highest BCUT2D eigenvalue weighted by molar-refractivity contribution is 6.03. The summed E-state index contributed by atoms with van der Waals surface area (Å²) in [6.45, 7) is 2.19. The molecule has 1 aliphatic heterocycles. The van der Waals surface area contributed by atoms with Crippen LogP contribution in [0.4, 0.5) is 0 Å². The van der Waals surface area contributed by atoms with Crippen LogP contribution < -0.4 is 9.30 Å². The summed E-state index contributed by atoms with van der Waals surface area (Å²) < 4.78 is 14.7. The molecule has 4 aromatic rings. The molecule has 0 amide bonds. The highest BCUT2D eigenvalue weighted by Crippen LogP contribution is 2.50. The van der Waals surface area contributed by atoms with Crippen molar-refractivity contribution in [2.45, 2.75) is 39.0 Å². The summed E-state index contributed by atoms with van der Waals surface area (Å²) in [4.78, 5) is 0. The van der Waals surface area contributed by atoms with Crippen molar-refractivity contribution in [2.24, 2.45) is 13.0 Å². The Bertz CT molecular complexity index is 1240. The zero-order chi connectivity index (χ0) is 18.8. The topological polar surface area (TPSA) is 26.2 Å². The molecule has 0 unspecified atom stereocenters. The van der Waals surface area contributed by atoms with Crippen molar-refractivity contribution in [1.82, 2.24) is 0 Å². The molecule has 2 aromatic carbocycles. The number of hydrogen-bond donors (Lipinski definition) is 0. The van der Waals surface area contributed by atoms with Gasteiger partial charge in [-0.3, -0.25) is 0 Å². The average molecular weight is 370 g/mol. The summed E-state index contributed by atoms with van der Waals surface area (Å²) in [6.07, 6.45) is 8.23. The molecule has 2 aromatic heterocycles. The number of para-hydroxylation sites is 1. The second-order valence-electron chi connectivity index (χ2n) is 8.42. The van der Waals surface area contributed by atoms with E-state index >= 15 is 0 Å². The summed E-state index contributed by atoms with van der Waals surface area (Å²) in [7, 11) is 2.16. The van der Waals surface area contributed by atoms with E-state index in [1.807, 2.05) is 6.07 Å². The first-order valence-electron chi connectivity index (χ1n) is 10.3. The smallest absolute Gasteiger partial charge is 0.257 e. The number of ether oxygens (including phenoxy) is 1. The highest BCUT2D eigenvalue weighted by atomic mass is 16.5. The lowest BCUT2D eigenvalue weighted by Gasteiger charge is -2.22. The number of nitrogens with zero attached hydrogens (tertiary/aromatic N) is 1. The van der Waals surface area contributed by atoms with Gasteiger partial charge in [-0.05, 0) is 37.0 Å². The third-order valence-electron chi connectivity index (χ3n) is 6.75. The van der Waals surface area contributed by atoms with Gasteiger partial charge < -0.3 is 9.15 Å². The molecule has 3 nitrogen and oxygen atoms in total. The fourth-order valence-electron chi connectivity index (χ4n) is 5.35. The number of aryl methyl sites for hydroxylation is 2. The Labute approximate surface area is 164 Å². The van der Waals surface area contributed by atoms with Gasteiger partial charge in [-0.15, -0.1) is 0 Å². The molecular formula is C25H24NO2+. The van der Waals surface area contributed by atoms with Crippen LogP contribution in [0.3, 0.4) is 0 Å². The molecule has 28 heavy (non-hydrogen) atoms. The second-order valence-corrected chi connectivity index (χ2v) is 8.42. The van der Waals surface area contributed by atoms with Crippen LogP contribution in [0.5, 0.6) is 11.5 Å². The van der Waals surface area contributed by atoms with Crippen molar-refractivity contribution in [3.05, 3.63) is 53.8 Å². The molecule has 0 saturated heterocycles. The Kier molecular flexibility index (Phi) is 3.37. The van der Waals surface area contributed by atoms with E-state index in [1.165, 1.54) is 59.0 Å². The van der Waals surface area contributed by atoms with Gasteiger partial charge in [0.05, 0.1) is 16.3 Å². The van der Waals surface area contributed by atoms with Gasteiger partial charge in [0.1, 0.15) is 18.9 Å². The zero-order valence-electron chi connectivity index (χ0n) is 16.4. The van der Waals surface area contributed by atoms with Gasteiger partial charge in [0.15, 0.2) is 5.75 Å². The molecule has 1 saturated carbocycles. The van der Waals surface area contributed by atoms with Gasteiger partial charge >= 0.3 is 0 Å². The molecule has 3 heteroatoms. The van der Waals surface area contributed by atoms with E-state index in [1.54, 1.807) is 6.26 Å². The van der Waals surface area contributed by atoms with Gasteiger partial charge in [0.2, 0.25) is 11.3 Å². The Morgan fingerprint density at radius 2 is 1.89 bits per heavy atom. The molecule has 140 valence electrons. The van der Waals surface area contributed by atoms with E-state index in [-0.39, 0.29) is 0 Å². The van der Waals surface area contributed by atoms with Gasteiger partial charge in [-0.1, -0.05) is 43.9 Å². The molecule has 0 spiro atoms. The van der Waals surface area contributed by atoms with E-state index in [9.17, 15) is 0 Å². The van der Waals surface area contributed by atoms with E-state index < -0.39 is 0 Å². The minimum absolute atomic E-state index is 0.756. The molecule has 2 aliphatic rings. The summed E-state index contributed by atoms with van der Waals surface area (Å²) in [6, 6.07) is 13.0.